The van der Waals surface area contributed by atoms with Gasteiger partial charge in [-0.1, -0.05) is 46.4 Å². The average molecular weight is 468 g/mol. The van der Waals surface area contributed by atoms with Gasteiger partial charge in [0.1, 0.15) is 0 Å². The van der Waals surface area contributed by atoms with E-state index in [2.05, 4.69) is 14.9 Å². The summed E-state index contributed by atoms with van der Waals surface area (Å²) >= 11 is 6.95. The summed E-state index contributed by atoms with van der Waals surface area (Å²) in [5, 5.41) is 12.0. The standard InChI is InChI=1S/C22H18ClN5O3S/c1-2-31-22(30)20-21(32-27-25-20)24-18(29)12-15-13-28(17-6-4-3-5-7-17)26-19(15)14-8-10-16(23)11-9-14/h3-11,13H,2,12H2,1H3,(H,24,29). The van der Waals surface area contributed by atoms with Crippen LogP contribution in [0.15, 0.2) is 60.8 Å². The normalized spacial score (nSPS) is 10.7. The van der Waals surface area contributed by atoms with Crippen molar-refractivity contribution in [2.24, 2.45) is 0 Å². The van der Waals surface area contributed by atoms with E-state index in [-0.39, 0.29) is 29.6 Å². The van der Waals surface area contributed by atoms with Gasteiger partial charge in [-0.3, -0.25) is 4.79 Å². The van der Waals surface area contributed by atoms with Crippen LogP contribution in [-0.2, 0) is 16.0 Å². The molecule has 4 aromatic rings. The van der Waals surface area contributed by atoms with Crippen molar-refractivity contribution in [3.8, 4) is 16.9 Å². The highest BCUT2D eigenvalue weighted by atomic mass is 35.5. The van der Waals surface area contributed by atoms with E-state index in [9.17, 15) is 9.59 Å². The monoisotopic (exact) mass is 467 g/mol. The number of nitrogens with zero attached hydrogens (tertiary/aromatic N) is 4. The number of esters is 1. The Hall–Kier alpha value is -3.56. The van der Waals surface area contributed by atoms with E-state index in [1.54, 1.807) is 23.7 Å². The van der Waals surface area contributed by atoms with Crippen LogP contribution in [0.1, 0.15) is 23.0 Å². The number of carbonyl (C=O) groups is 2. The Morgan fingerprint density at radius 2 is 1.88 bits per heavy atom. The molecule has 0 radical (unpaired) electrons. The second-order valence-corrected chi connectivity index (χ2v) is 7.88. The van der Waals surface area contributed by atoms with Crippen LogP contribution in [0.25, 0.3) is 16.9 Å². The molecule has 0 spiro atoms. The Morgan fingerprint density at radius 3 is 2.59 bits per heavy atom. The summed E-state index contributed by atoms with van der Waals surface area (Å²) in [6.45, 7) is 1.89. The molecule has 0 atom stereocenters. The molecule has 0 aliphatic rings. The Labute approximate surface area is 193 Å². The van der Waals surface area contributed by atoms with Gasteiger partial charge in [0.05, 0.1) is 24.4 Å². The molecule has 2 aromatic heterocycles. The van der Waals surface area contributed by atoms with Gasteiger partial charge in [0.2, 0.25) is 11.6 Å². The molecule has 0 fully saturated rings. The number of hydrogen-bond acceptors (Lipinski definition) is 7. The number of amides is 1. The summed E-state index contributed by atoms with van der Waals surface area (Å²) in [5.74, 6) is -0.959. The third-order valence-corrected chi connectivity index (χ3v) is 5.38. The lowest BCUT2D eigenvalue weighted by atomic mass is 10.1. The quantitative estimate of drug-likeness (QED) is 0.404. The number of aromatic nitrogens is 4. The molecule has 0 unspecified atom stereocenters. The van der Waals surface area contributed by atoms with Crippen molar-refractivity contribution in [3.05, 3.63) is 77.1 Å². The summed E-state index contributed by atoms with van der Waals surface area (Å²) in [6.07, 6.45) is 1.85. The number of anilines is 1. The van der Waals surface area contributed by atoms with Crippen molar-refractivity contribution in [2.45, 2.75) is 13.3 Å². The van der Waals surface area contributed by atoms with E-state index in [0.29, 0.717) is 16.3 Å². The number of rotatable bonds is 7. The fourth-order valence-corrected chi connectivity index (χ4v) is 3.75. The van der Waals surface area contributed by atoms with Gasteiger partial charge in [-0.2, -0.15) is 5.10 Å². The van der Waals surface area contributed by atoms with Gasteiger partial charge >= 0.3 is 5.97 Å². The summed E-state index contributed by atoms with van der Waals surface area (Å²) in [5.41, 5.74) is 3.06. The van der Waals surface area contributed by atoms with Crippen LogP contribution in [0, 0.1) is 0 Å². The van der Waals surface area contributed by atoms with Crippen molar-refractivity contribution < 1.29 is 14.3 Å². The van der Waals surface area contributed by atoms with E-state index in [1.807, 2.05) is 48.7 Å². The molecule has 0 bridgehead atoms. The molecular formula is C22H18ClN5O3S. The van der Waals surface area contributed by atoms with Gasteiger partial charge in [0, 0.05) is 33.9 Å². The zero-order chi connectivity index (χ0) is 22.5. The maximum Gasteiger partial charge on any atom is 0.362 e. The lowest BCUT2D eigenvalue weighted by molar-refractivity contribution is -0.115. The number of ether oxygens (including phenoxy) is 1. The summed E-state index contributed by atoms with van der Waals surface area (Å²) in [7, 11) is 0. The molecular weight excluding hydrogens is 450 g/mol. The number of carbonyl (C=O) groups excluding carboxylic acids is 2. The number of hydrogen-bond donors (Lipinski definition) is 1. The third kappa shape index (κ3) is 4.84. The van der Waals surface area contributed by atoms with Crippen molar-refractivity contribution in [1.29, 1.82) is 0 Å². The minimum atomic E-state index is -0.629. The van der Waals surface area contributed by atoms with Crippen LogP contribution in [0.3, 0.4) is 0 Å². The second kappa shape index (κ2) is 9.71. The summed E-state index contributed by atoms with van der Waals surface area (Å²) < 4.78 is 10.4. The van der Waals surface area contributed by atoms with Crippen LogP contribution in [0.5, 0.6) is 0 Å². The molecule has 2 aromatic carbocycles. The molecule has 1 amide bonds. The molecule has 4 rings (SSSR count). The first-order valence-corrected chi connectivity index (χ1v) is 10.9. The van der Waals surface area contributed by atoms with Crippen LogP contribution in [-0.4, -0.2) is 37.9 Å². The predicted octanol–water partition coefficient (Wildman–Crippen LogP) is 4.40. The predicted molar refractivity (Wildman–Crippen MR) is 122 cm³/mol. The van der Waals surface area contributed by atoms with Gasteiger partial charge in [0.15, 0.2) is 5.00 Å². The van der Waals surface area contributed by atoms with Gasteiger partial charge in [-0.15, -0.1) is 5.10 Å². The fraction of sp³-hybridized carbons (Fsp3) is 0.136. The Kier molecular flexibility index (Phi) is 6.58. The van der Waals surface area contributed by atoms with Crippen LogP contribution in [0.4, 0.5) is 5.00 Å². The first-order valence-electron chi connectivity index (χ1n) is 9.74. The topological polar surface area (TPSA) is 99.0 Å². The lowest BCUT2D eigenvalue weighted by Gasteiger charge is -2.05. The van der Waals surface area contributed by atoms with E-state index < -0.39 is 5.97 Å². The molecule has 0 aliphatic carbocycles. The maximum atomic E-state index is 12.8. The van der Waals surface area contributed by atoms with E-state index in [0.717, 1.165) is 22.8 Å². The number of para-hydroxylation sites is 1. The van der Waals surface area contributed by atoms with E-state index in [1.165, 1.54) is 0 Å². The second-order valence-electron chi connectivity index (χ2n) is 6.69. The Bertz CT molecular complexity index is 1240. The molecule has 2 heterocycles. The molecule has 0 saturated carbocycles. The molecule has 10 heteroatoms. The first kappa shape index (κ1) is 21.7. The minimum absolute atomic E-state index is 0.0110. The highest BCUT2D eigenvalue weighted by molar-refractivity contribution is 7.10. The van der Waals surface area contributed by atoms with Crippen molar-refractivity contribution in [1.82, 2.24) is 19.4 Å². The Balaban J connectivity index is 1.62. The number of halogens is 1. The zero-order valence-corrected chi connectivity index (χ0v) is 18.6. The van der Waals surface area contributed by atoms with Gasteiger partial charge in [-0.25, -0.2) is 9.48 Å². The van der Waals surface area contributed by atoms with E-state index >= 15 is 0 Å². The van der Waals surface area contributed by atoms with Crippen LogP contribution in [0.2, 0.25) is 5.02 Å². The van der Waals surface area contributed by atoms with Gasteiger partial charge < -0.3 is 10.1 Å². The largest absolute Gasteiger partial charge is 0.461 e. The first-order chi connectivity index (χ1) is 15.5. The highest BCUT2D eigenvalue weighted by Gasteiger charge is 2.21. The van der Waals surface area contributed by atoms with E-state index in [4.69, 9.17) is 21.4 Å². The van der Waals surface area contributed by atoms with Crippen molar-refractivity contribution in [2.75, 3.05) is 11.9 Å². The van der Waals surface area contributed by atoms with Crippen molar-refractivity contribution in [3.63, 3.8) is 0 Å². The molecule has 0 saturated heterocycles. The third-order valence-electron chi connectivity index (χ3n) is 4.49. The number of nitrogens with one attached hydrogen (secondary N) is 1. The molecule has 8 nitrogen and oxygen atoms in total. The fourth-order valence-electron chi connectivity index (χ4n) is 3.05. The summed E-state index contributed by atoms with van der Waals surface area (Å²) in [6, 6.07) is 16.9. The van der Waals surface area contributed by atoms with Crippen LogP contribution < -0.4 is 5.32 Å². The average Bonchev–Trinajstić information content (AvgIpc) is 3.42. The lowest BCUT2D eigenvalue weighted by Crippen LogP contribution is -2.16. The van der Waals surface area contributed by atoms with Crippen LogP contribution >= 0.6 is 23.1 Å². The zero-order valence-electron chi connectivity index (χ0n) is 17.0. The number of benzene rings is 2. The molecule has 162 valence electrons. The van der Waals surface area contributed by atoms with Gasteiger partial charge in [0.25, 0.3) is 0 Å². The smallest absolute Gasteiger partial charge is 0.362 e. The maximum absolute atomic E-state index is 12.8. The Morgan fingerprint density at radius 1 is 1.12 bits per heavy atom. The minimum Gasteiger partial charge on any atom is -0.461 e. The van der Waals surface area contributed by atoms with Gasteiger partial charge in [-0.05, 0) is 31.2 Å². The summed E-state index contributed by atoms with van der Waals surface area (Å²) in [4.78, 5) is 24.8. The molecule has 32 heavy (non-hydrogen) atoms. The molecule has 1 N–H and O–H groups in total. The SMILES string of the molecule is CCOC(=O)c1nnsc1NC(=O)Cc1cn(-c2ccccc2)nc1-c1ccc(Cl)cc1. The molecule has 0 aliphatic heterocycles. The highest BCUT2D eigenvalue weighted by Crippen LogP contribution is 2.26. The van der Waals surface area contributed by atoms with Crippen molar-refractivity contribution >= 4 is 40.0 Å².